The lowest BCUT2D eigenvalue weighted by molar-refractivity contribution is 0.519. The van der Waals surface area contributed by atoms with E-state index in [1.54, 1.807) is 0 Å². The molecule has 0 aromatic heterocycles. The number of ether oxygens (including phenoxy) is 1. The zero-order valence-corrected chi connectivity index (χ0v) is 16.6. The minimum atomic E-state index is -1.35. The molecular formula is C23H25NOSi. The standard InChI is InChI=1S/C23H25NOSi/c1-17(25-23-14-6-5-13-22(23)24)18-9-7-10-19(15-18)20-11-8-12-21(16-20)26(2,3)4/h5-16H,1,24H2,2-4H3. The Morgan fingerprint density at radius 2 is 1.50 bits per heavy atom. The van der Waals surface area contributed by atoms with Crippen LogP contribution in [0.3, 0.4) is 0 Å². The fraction of sp³-hybridized carbons (Fsp3) is 0.130. The van der Waals surface area contributed by atoms with Crippen molar-refractivity contribution in [2.45, 2.75) is 19.6 Å². The summed E-state index contributed by atoms with van der Waals surface area (Å²) in [5.74, 6) is 1.22. The van der Waals surface area contributed by atoms with E-state index >= 15 is 0 Å². The lowest BCUT2D eigenvalue weighted by Gasteiger charge is -2.18. The molecule has 0 saturated heterocycles. The first-order valence-corrected chi connectivity index (χ1v) is 12.3. The lowest BCUT2D eigenvalue weighted by Crippen LogP contribution is -2.37. The van der Waals surface area contributed by atoms with E-state index in [1.165, 1.54) is 10.8 Å². The van der Waals surface area contributed by atoms with Gasteiger partial charge in [0.15, 0.2) is 0 Å². The highest BCUT2D eigenvalue weighted by Crippen LogP contribution is 2.28. The molecule has 26 heavy (non-hydrogen) atoms. The lowest BCUT2D eigenvalue weighted by atomic mass is 10.0. The van der Waals surface area contributed by atoms with Crippen molar-refractivity contribution in [3.8, 4) is 16.9 Å². The third kappa shape index (κ3) is 4.06. The Hall–Kier alpha value is -2.78. The van der Waals surface area contributed by atoms with Gasteiger partial charge in [-0.3, -0.25) is 0 Å². The van der Waals surface area contributed by atoms with Crippen LogP contribution in [0.2, 0.25) is 19.6 Å². The van der Waals surface area contributed by atoms with Gasteiger partial charge in [-0.2, -0.15) is 0 Å². The molecule has 0 spiro atoms. The highest BCUT2D eigenvalue weighted by Gasteiger charge is 2.16. The smallest absolute Gasteiger partial charge is 0.150 e. The zero-order chi connectivity index (χ0) is 18.7. The molecule has 2 N–H and O–H groups in total. The van der Waals surface area contributed by atoms with Gasteiger partial charge in [-0.1, -0.05) is 86.0 Å². The van der Waals surface area contributed by atoms with Gasteiger partial charge >= 0.3 is 0 Å². The van der Waals surface area contributed by atoms with E-state index < -0.39 is 8.07 Å². The van der Waals surface area contributed by atoms with Crippen LogP contribution in [0.4, 0.5) is 5.69 Å². The van der Waals surface area contributed by atoms with Gasteiger partial charge in [0.2, 0.25) is 0 Å². The molecule has 0 aliphatic heterocycles. The van der Waals surface area contributed by atoms with Gasteiger partial charge in [0, 0.05) is 5.56 Å². The quantitative estimate of drug-likeness (QED) is 0.369. The van der Waals surface area contributed by atoms with E-state index in [1.807, 2.05) is 36.4 Å². The Bertz CT molecular complexity index is 941. The van der Waals surface area contributed by atoms with Crippen molar-refractivity contribution in [3.63, 3.8) is 0 Å². The fourth-order valence-electron chi connectivity index (χ4n) is 2.80. The molecule has 0 atom stereocenters. The minimum absolute atomic E-state index is 0.589. The van der Waals surface area contributed by atoms with Gasteiger partial charge in [0.25, 0.3) is 0 Å². The Morgan fingerprint density at radius 1 is 0.846 bits per heavy atom. The van der Waals surface area contributed by atoms with Gasteiger partial charge in [-0.15, -0.1) is 0 Å². The van der Waals surface area contributed by atoms with E-state index in [0.717, 1.165) is 11.1 Å². The molecule has 3 rings (SSSR count). The van der Waals surface area contributed by atoms with Crippen LogP contribution in [0.25, 0.3) is 16.9 Å². The average Bonchev–Trinajstić information content (AvgIpc) is 2.63. The molecule has 3 heteroatoms. The molecule has 3 aromatic rings. The van der Waals surface area contributed by atoms with E-state index in [0.29, 0.717) is 17.2 Å². The summed E-state index contributed by atoms with van der Waals surface area (Å²) < 4.78 is 5.89. The molecular weight excluding hydrogens is 334 g/mol. The Kier molecular flexibility index (Phi) is 5.00. The Labute approximate surface area is 157 Å². The second-order valence-corrected chi connectivity index (χ2v) is 12.6. The monoisotopic (exact) mass is 359 g/mol. The molecule has 0 aliphatic carbocycles. The largest absolute Gasteiger partial charge is 0.455 e. The number of anilines is 1. The maximum absolute atomic E-state index is 5.96. The molecule has 0 bridgehead atoms. The summed E-state index contributed by atoms with van der Waals surface area (Å²) in [7, 11) is -1.35. The van der Waals surface area contributed by atoms with Crippen molar-refractivity contribution < 1.29 is 4.74 Å². The van der Waals surface area contributed by atoms with Crippen LogP contribution in [-0.2, 0) is 0 Å². The summed E-state index contributed by atoms with van der Waals surface area (Å²) in [6.45, 7) is 11.2. The third-order valence-corrected chi connectivity index (χ3v) is 6.44. The Morgan fingerprint density at radius 3 is 2.19 bits per heavy atom. The van der Waals surface area contributed by atoms with Crippen LogP contribution in [0.15, 0.2) is 79.4 Å². The average molecular weight is 360 g/mol. The molecule has 2 nitrogen and oxygen atoms in total. The van der Waals surface area contributed by atoms with E-state index in [9.17, 15) is 0 Å². The molecule has 0 unspecified atom stereocenters. The summed E-state index contributed by atoms with van der Waals surface area (Å²) in [4.78, 5) is 0. The molecule has 3 aromatic carbocycles. The summed E-state index contributed by atoms with van der Waals surface area (Å²) in [5.41, 5.74) is 9.90. The van der Waals surface area contributed by atoms with Gasteiger partial charge in [0.1, 0.15) is 11.5 Å². The highest BCUT2D eigenvalue weighted by molar-refractivity contribution is 6.88. The van der Waals surface area contributed by atoms with E-state index in [2.05, 4.69) is 62.6 Å². The number of benzene rings is 3. The molecule has 0 fully saturated rings. The van der Waals surface area contributed by atoms with Crippen LogP contribution in [0.5, 0.6) is 5.75 Å². The SMILES string of the molecule is C=C(Oc1ccccc1N)c1cccc(-c2cccc([Si](C)(C)C)c2)c1. The molecule has 0 heterocycles. The predicted octanol–water partition coefficient (Wildman–Crippen LogP) is 5.53. The summed E-state index contributed by atoms with van der Waals surface area (Å²) >= 11 is 0. The van der Waals surface area contributed by atoms with Crippen molar-refractivity contribution in [2.24, 2.45) is 0 Å². The van der Waals surface area contributed by atoms with E-state index in [-0.39, 0.29) is 0 Å². The fourth-order valence-corrected chi connectivity index (χ4v) is 3.99. The van der Waals surface area contributed by atoms with Gasteiger partial charge in [-0.05, 0) is 29.3 Å². The number of hydrogen-bond donors (Lipinski definition) is 1. The molecule has 0 amide bonds. The first-order chi connectivity index (χ1) is 12.3. The van der Waals surface area contributed by atoms with Gasteiger partial charge in [-0.25, -0.2) is 0 Å². The summed E-state index contributed by atoms with van der Waals surface area (Å²) in [5, 5.41) is 1.45. The van der Waals surface area contributed by atoms with Crippen molar-refractivity contribution in [1.82, 2.24) is 0 Å². The normalized spacial score (nSPS) is 11.2. The Balaban J connectivity index is 1.89. The van der Waals surface area contributed by atoms with Crippen LogP contribution in [-0.4, -0.2) is 8.07 Å². The zero-order valence-electron chi connectivity index (χ0n) is 15.6. The van der Waals surface area contributed by atoms with Crippen LogP contribution in [0, 0.1) is 0 Å². The second-order valence-electron chi connectivity index (χ2n) is 7.47. The van der Waals surface area contributed by atoms with Crippen molar-refractivity contribution in [3.05, 3.63) is 84.9 Å². The maximum Gasteiger partial charge on any atom is 0.150 e. The molecule has 0 saturated carbocycles. The van der Waals surface area contributed by atoms with Crippen LogP contribution in [0.1, 0.15) is 5.56 Å². The van der Waals surface area contributed by atoms with E-state index in [4.69, 9.17) is 10.5 Å². The molecule has 132 valence electrons. The first-order valence-electron chi connectivity index (χ1n) is 8.77. The molecule has 0 radical (unpaired) electrons. The number of hydrogen-bond acceptors (Lipinski definition) is 2. The topological polar surface area (TPSA) is 35.2 Å². The maximum atomic E-state index is 5.96. The van der Waals surface area contributed by atoms with Gasteiger partial charge < -0.3 is 10.5 Å². The van der Waals surface area contributed by atoms with Crippen molar-refractivity contribution >= 4 is 24.7 Å². The van der Waals surface area contributed by atoms with Crippen LogP contribution < -0.4 is 15.7 Å². The van der Waals surface area contributed by atoms with Crippen LogP contribution >= 0.6 is 0 Å². The first kappa shape index (κ1) is 18.0. The second kappa shape index (κ2) is 7.22. The predicted molar refractivity (Wildman–Crippen MR) is 115 cm³/mol. The van der Waals surface area contributed by atoms with Crippen molar-refractivity contribution in [1.29, 1.82) is 0 Å². The van der Waals surface area contributed by atoms with Crippen molar-refractivity contribution in [2.75, 3.05) is 5.73 Å². The minimum Gasteiger partial charge on any atom is -0.455 e. The number of rotatable bonds is 5. The number of nitrogen functional groups attached to an aromatic ring is 1. The molecule has 0 aliphatic rings. The summed E-state index contributed by atoms with van der Waals surface area (Å²) in [6, 6.07) is 24.6. The highest BCUT2D eigenvalue weighted by atomic mass is 28.3. The summed E-state index contributed by atoms with van der Waals surface area (Å²) in [6.07, 6.45) is 0. The third-order valence-electron chi connectivity index (χ3n) is 4.40. The number of para-hydroxylation sites is 2. The number of nitrogens with two attached hydrogens (primary N) is 1. The van der Waals surface area contributed by atoms with Gasteiger partial charge in [0.05, 0.1) is 13.8 Å².